The van der Waals surface area contributed by atoms with E-state index >= 15 is 0 Å². The summed E-state index contributed by atoms with van der Waals surface area (Å²) in [6.45, 7) is 0.693. The van der Waals surface area contributed by atoms with Crippen molar-refractivity contribution in [3.05, 3.63) is 28.3 Å². The topological polar surface area (TPSA) is 102 Å². The van der Waals surface area contributed by atoms with Crippen molar-refractivity contribution in [2.45, 2.75) is 18.9 Å². The van der Waals surface area contributed by atoms with Crippen LogP contribution < -0.4 is 16.0 Å². The number of amides is 1. The molecule has 0 aliphatic carbocycles. The normalized spacial score (nSPS) is 18.4. The first-order valence-electron chi connectivity index (χ1n) is 6.06. The maximum atomic E-state index is 11.8. The Morgan fingerprint density at radius 2 is 2.26 bits per heavy atom. The van der Waals surface area contributed by atoms with E-state index in [1.807, 2.05) is 4.90 Å². The molecule has 1 atom stereocenters. The highest BCUT2D eigenvalue weighted by Crippen LogP contribution is 2.30. The minimum Gasteiger partial charge on any atom is -0.398 e. The van der Waals surface area contributed by atoms with E-state index in [0.717, 1.165) is 12.8 Å². The van der Waals surface area contributed by atoms with Crippen molar-refractivity contribution < 1.29 is 9.72 Å². The summed E-state index contributed by atoms with van der Waals surface area (Å²) >= 11 is 0. The van der Waals surface area contributed by atoms with E-state index in [4.69, 9.17) is 5.73 Å². The van der Waals surface area contributed by atoms with E-state index in [-0.39, 0.29) is 17.6 Å². The number of likely N-dealkylation sites (N-methyl/N-ethyl adjacent to an activating group) is 1. The molecule has 1 aromatic carbocycles. The first-order chi connectivity index (χ1) is 9.02. The number of nitrogens with two attached hydrogens (primary N) is 1. The number of carbonyl (C=O) groups is 1. The van der Waals surface area contributed by atoms with Gasteiger partial charge in [-0.15, -0.1) is 0 Å². The molecule has 0 spiro atoms. The minimum absolute atomic E-state index is 0.0578. The molecule has 1 fully saturated rings. The molecular formula is C12H16N4O3. The molecule has 2 rings (SSSR count). The van der Waals surface area contributed by atoms with Crippen LogP contribution in [-0.4, -0.2) is 30.5 Å². The fraction of sp³-hybridized carbons (Fsp3) is 0.417. The van der Waals surface area contributed by atoms with Gasteiger partial charge in [-0.1, -0.05) is 0 Å². The third-order valence-corrected chi connectivity index (χ3v) is 3.27. The Bertz CT molecular complexity index is 518. The second-order valence-corrected chi connectivity index (χ2v) is 4.51. The third-order valence-electron chi connectivity index (χ3n) is 3.27. The van der Waals surface area contributed by atoms with E-state index in [2.05, 4.69) is 5.32 Å². The second kappa shape index (κ2) is 5.13. The summed E-state index contributed by atoms with van der Waals surface area (Å²) in [6, 6.07) is 4.15. The number of carbonyl (C=O) groups excluding carboxylic acids is 1. The lowest BCUT2D eigenvalue weighted by Crippen LogP contribution is -2.42. The number of nitrogens with zero attached hydrogens (tertiary/aromatic N) is 2. The zero-order valence-corrected chi connectivity index (χ0v) is 10.6. The molecule has 102 valence electrons. The van der Waals surface area contributed by atoms with E-state index < -0.39 is 4.92 Å². The number of nitro groups is 1. The Hall–Kier alpha value is -2.31. The fourth-order valence-electron chi connectivity index (χ4n) is 2.40. The van der Waals surface area contributed by atoms with Crippen LogP contribution in [-0.2, 0) is 4.79 Å². The SMILES string of the molecule is CNC(=O)C1CCCN1c1cc(N)cc([N+](=O)[O-])c1. The predicted molar refractivity (Wildman–Crippen MR) is 71.9 cm³/mol. The number of nitrogens with one attached hydrogen (secondary N) is 1. The van der Waals surface area contributed by atoms with Gasteiger partial charge in [0.25, 0.3) is 5.69 Å². The molecule has 0 aromatic heterocycles. The summed E-state index contributed by atoms with van der Waals surface area (Å²) in [5.74, 6) is -0.0809. The van der Waals surface area contributed by atoms with Crippen LogP contribution in [0.1, 0.15) is 12.8 Å². The fourth-order valence-corrected chi connectivity index (χ4v) is 2.40. The summed E-state index contributed by atoms with van der Waals surface area (Å²) in [5.41, 5.74) is 6.58. The number of non-ortho nitro benzene ring substituents is 1. The average Bonchev–Trinajstić information content (AvgIpc) is 2.86. The van der Waals surface area contributed by atoms with Crippen molar-refractivity contribution >= 4 is 23.0 Å². The Morgan fingerprint density at radius 3 is 2.89 bits per heavy atom. The van der Waals surface area contributed by atoms with Crippen molar-refractivity contribution in [1.82, 2.24) is 5.32 Å². The van der Waals surface area contributed by atoms with Crippen molar-refractivity contribution in [2.24, 2.45) is 0 Å². The summed E-state index contributed by atoms with van der Waals surface area (Å²) in [7, 11) is 1.58. The maximum Gasteiger partial charge on any atom is 0.273 e. The lowest BCUT2D eigenvalue weighted by atomic mass is 10.1. The van der Waals surface area contributed by atoms with Gasteiger partial charge >= 0.3 is 0 Å². The number of rotatable bonds is 3. The van der Waals surface area contributed by atoms with Gasteiger partial charge in [-0.2, -0.15) is 0 Å². The van der Waals surface area contributed by atoms with Crippen LogP contribution in [0.5, 0.6) is 0 Å². The second-order valence-electron chi connectivity index (χ2n) is 4.51. The standard InChI is InChI=1S/C12H16N4O3/c1-14-12(17)11-3-2-4-15(11)9-5-8(13)6-10(7-9)16(18)19/h5-7,11H,2-4,13H2,1H3,(H,14,17). The quantitative estimate of drug-likeness (QED) is 0.479. The maximum absolute atomic E-state index is 11.8. The van der Waals surface area contributed by atoms with E-state index in [9.17, 15) is 14.9 Å². The van der Waals surface area contributed by atoms with Crippen LogP contribution in [0.2, 0.25) is 0 Å². The lowest BCUT2D eigenvalue weighted by molar-refractivity contribution is -0.384. The monoisotopic (exact) mass is 264 g/mol. The summed E-state index contributed by atoms with van der Waals surface area (Å²) in [5, 5.41) is 13.5. The number of nitro benzene ring substituents is 1. The Labute approximate surface area is 110 Å². The molecule has 1 aromatic rings. The highest BCUT2D eigenvalue weighted by atomic mass is 16.6. The molecule has 1 heterocycles. The van der Waals surface area contributed by atoms with Gasteiger partial charge in [0.1, 0.15) is 6.04 Å². The minimum atomic E-state index is -0.481. The summed E-state index contributed by atoms with van der Waals surface area (Å²) in [6.07, 6.45) is 1.61. The molecule has 0 bridgehead atoms. The molecule has 0 radical (unpaired) electrons. The van der Waals surface area contributed by atoms with Crippen molar-refractivity contribution in [3.8, 4) is 0 Å². The molecule has 0 saturated carbocycles. The molecule has 1 aliphatic rings. The largest absolute Gasteiger partial charge is 0.398 e. The highest BCUT2D eigenvalue weighted by molar-refractivity contribution is 5.86. The first kappa shape index (κ1) is 13.1. The molecule has 7 nitrogen and oxygen atoms in total. The van der Waals surface area contributed by atoms with Crippen LogP contribution in [0.4, 0.5) is 17.1 Å². The van der Waals surface area contributed by atoms with Gasteiger partial charge in [0.2, 0.25) is 5.91 Å². The van der Waals surface area contributed by atoms with Gasteiger partial charge in [0.05, 0.1) is 4.92 Å². The smallest absolute Gasteiger partial charge is 0.273 e. The van der Waals surface area contributed by atoms with Gasteiger partial charge in [0, 0.05) is 37.1 Å². The van der Waals surface area contributed by atoms with E-state index in [1.165, 1.54) is 12.1 Å². The Balaban J connectivity index is 2.35. The summed E-state index contributed by atoms with van der Waals surface area (Å²) in [4.78, 5) is 24.0. The molecule has 1 unspecified atom stereocenters. The van der Waals surface area contributed by atoms with Crippen LogP contribution in [0, 0.1) is 10.1 Å². The highest BCUT2D eigenvalue weighted by Gasteiger charge is 2.31. The molecular weight excluding hydrogens is 248 g/mol. The number of hydrogen-bond donors (Lipinski definition) is 2. The van der Waals surface area contributed by atoms with Crippen LogP contribution in [0.3, 0.4) is 0 Å². The molecule has 1 saturated heterocycles. The van der Waals surface area contributed by atoms with Gasteiger partial charge in [0.15, 0.2) is 0 Å². The van der Waals surface area contributed by atoms with Crippen molar-refractivity contribution in [2.75, 3.05) is 24.2 Å². The van der Waals surface area contributed by atoms with Gasteiger partial charge < -0.3 is 16.0 Å². The summed E-state index contributed by atoms with van der Waals surface area (Å²) < 4.78 is 0. The number of hydrogen-bond acceptors (Lipinski definition) is 5. The molecule has 19 heavy (non-hydrogen) atoms. The van der Waals surface area contributed by atoms with E-state index in [0.29, 0.717) is 17.9 Å². The lowest BCUT2D eigenvalue weighted by Gasteiger charge is -2.25. The number of nitrogen functional groups attached to an aromatic ring is 1. The van der Waals surface area contributed by atoms with Crippen LogP contribution >= 0.6 is 0 Å². The third kappa shape index (κ3) is 2.59. The molecule has 7 heteroatoms. The zero-order chi connectivity index (χ0) is 14.0. The van der Waals surface area contributed by atoms with Gasteiger partial charge in [-0.05, 0) is 18.9 Å². The molecule has 1 amide bonds. The predicted octanol–water partition coefficient (Wildman–Crippen LogP) is 0.892. The Morgan fingerprint density at radius 1 is 1.53 bits per heavy atom. The first-order valence-corrected chi connectivity index (χ1v) is 6.06. The number of benzene rings is 1. The van der Waals surface area contributed by atoms with Gasteiger partial charge in [-0.25, -0.2) is 0 Å². The average molecular weight is 264 g/mol. The van der Waals surface area contributed by atoms with Gasteiger partial charge in [-0.3, -0.25) is 14.9 Å². The molecule has 3 N–H and O–H groups in total. The van der Waals surface area contributed by atoms with Crippen molar-refractivity contribution in [1.29, 1.82) is 0 Å². The van der Waals surface area contributed by atoms with E-state index in [1.54, 1.807) is 13.1 Å². The zero-order valence-electron chi connectivity index (χ0n) is 10.6. The van der Waals surface area contributed by atoms with Crippen molar-refractivity contribution in [3.63, 3.8) is 0 Å². The Kier molecular flexibility index (Phi) is 3.55. The molecule has 1 aliphatic heterocycles. The van der Waals surface area contributed by atoms with Crippen LogP contribution in [0.15, 0.2) is 18.2 Å². The van der Waals surface area contributed by atoms with Crippen LogP contribution in [0.25, 0.3) is 0 Å². The number of anilines is 2.